The molecule has 1 aromatic carbocycles. The zero-order valence-corrected chi connectivity index (χ0v) is 10.9. The summed E-state index contributed by atoms with van der Waals surface area (Å²) in [5.41, 5.74) is 0. The Labute approximate surface area is 112 Å². The Morgan fingerprint density at radius 2 is 2.33 bits per heavy atom. The fourth-order valence-electron chi connectivity index (χ4n) is 1.22. The Balaban J connectivity index is 2.17. The normalized spacial score (nSPS) is 10.8. The van der Waals surface area contributed by atoms with Gasteiger partial charge in [0.1, 0.15) is 11.5 Å². The standard InChI is InChI=1S/C11H9ClN2O3S/c1-16-7-2-3-10(9(12)4-7)17-11-13-5-8(18-11)6-14-15/h2-6,15H,1H3. The molecular weight excluding hydrogens is 276 g/mol. The molecule has 0 saturated heterocycles. The molecule has 1 N–H and O–H groups in total. The number of ether oxygens (including phenoxy) is 2. The lowest BCUT2D eigenvalue weighted by atomic mass is 10.3. The van der Waals surface area contributed by atoms with Gasteiger partial charge >= 0.3 is 0 Å². The molecule has 0 unspecified atom stereocenters. The number of benzene rings is 1. The van der Waals surface area contributed by atoms with E-state index in [0.717, 1.165) is 0 Å². The van der Waals surface area contributed by atoms with Gasteiger partial charge in [0.15, 0.2) is 0 Å². The third-order valence-electron chi connectivity index (χ3n) is 2.02. The van der Waals surface area contributed by atoms with E-state index in [1.807, 2.05) is 0 Å². The average Bonchev–Trinajstić information content (AvgIpc) is 2.80. The van der Waals surface area contributed by atoms with E-state index in [0.29, 0.717) is 26.6 Å². The van der Waals surface area contributed by atoms with Gasteiger partial charge in [-0.2, -0.15) is 0 Å². The van der Waals surface area contributed by atoms with Gasteiger partial charge in [0, 0.05) is 6.07 Å². The molecule has 0 aliphatic heterocycles. The SMILES string of the molecule is COc1ccc(Oc2ncc(C=NO)s2)c(Cl)c1. The Bertz CT molecular complexity index is 571. The monoisotopic (exact) mass is 284 g/mol. The molecule has 0 saturated carbocycles. The van der Waals surface area contributed by atoms with Crippen LogP contribution in [0.2, 0.25) is 5.02 Å². The molecular formula is C11H9ClN2O3S. The molecule has 0 bridgehead atoms. The molecule has 2 rings (SSSR count). The molecule has 94 valence electrons. The highest BCUT2D eigenvalue weighted by molar-refractivity contribution is 7.15. The predicted molar refractivity (Wildman–Crippen MR) is 69.6 cm³/mol. The lowest BCUT2D eigenvalue weighted by molar-refractivity contribution is 0.322. The van der Waals surface area contributed by atoms with Gasteiger partial charge in [-0.3, -0.25) is 0 Å². The number of nitrogens with zero attached hydrogens (tertiary/aromatic N) is 2. The highest BCUT2D eigenvalue weighted by Gasteiger charge is 2.07. The van der Waals surface area contributed by atoms with E-state index in [1.54, 1.807) is 25.3 Å². The molecule has 1 heterocycles. The van der Waals surface area contributed by atoms with Crippen molar-refractivity contribution in [1.82, 2.24) is 4.98 Å². The summed E-state index contributed by atoms with van der Waals surface area (Å²) in [6, 6.07) is 5.09. The van der Waals surface area contributed by atoms with Gasteiger partial charge in [-0.25, -0.2) is 4.98 Å². The van der Waals surface area contributed by atoms with Crippen LogP contribution < -0.4 is 9.47 Å². The third-order valence-corrected chi connectivity index (χ3v) is 3.13. The number of thiazole rings is 1. The van der Waals surface area contributed by atoms with Crippen LogP contribution in [0.3, 0.4) is 0 Å². The van der Waals surface area contributed by atoms with Crippen molar-refractivity contribution < 1.29 is 14.7 Å². The van der Waals surface area contributed by atoms with Crippen LogP contribution in [0.5, 0.6) is 16.7 Å². The fraction of sp³-hybridized carbons (Fsp3) is 0.0909. The molecule has 5 nitrogen and oxygen atoms in total. The van der Waals surface area contributed by atoms with Crippen LogP contribution in [-0.4, -0.2) is 23.5 Å². The average molecular weight is 285 g/mol. The molecule has 0 spiro atoms. The topological polar surface area (TPSA) is 63.9 Å². The first kappa shape index (κ1) is 12.7. The van der Waals surface area contributed by atoms with Crippen LogP contribution in [0.25, 0.3) is 0 Å². The summed E-state index contributed by atoms with van der Waals surface area (Å²) in [5.74, 6) is 1.14. The van der Waals surface area contributed by atoms with Crippen molar-refractivity contribution in [2.45, 2.75) is 0 Å². The number of hydrogen-bond donors (Lipinski definition) is 1. The van der Waals surface area contributed by atoms with E-state index < -0.39 is 0 Å². The Morgan fingerprint density at radius 1 is 1.50 bits per heavy atom. The van der Waals surface area contributed by atoms with Crippen LogP contribution >= 0.6 is 22.9 Å². The molecule has 0 atom stereocenters. The van der Waals surface area contributed by atoms with Crippen LogP contribution in [0.15, 0.2) is 29.6 Å². The van der Waals surface area contributed by atoms with Crippen molar-refractivity contribution >= 4 is 29.2 Å². The van der Waals surface area contributed by atoms with Crippen LogP contribution in [0, 0.1) is 0 Å². The maximum Gasteiger partial charge on any atom is 0.279 e. The van der Waals surface area contributed by atoms with Gasteiger partial charge < -0.3 is 14.7 Å². The van der Waals surface area contributed by atoms with Gasteiger partial charge in [-0.15, -0.1) is 0 Å². The van der Waals surface area contributed by atoms with Crippen molar-refractivity contribution in [2.75, 3.05) is 7.11 Å². The minimum absolute atomic E-state index is 0.414. The smallest absolute Gasteiger partial charge is 0.279 e. The highest BCUT2D eigenvalue weighted by Crippen LogP contribution is 2.33. The number of methoxy groups -OCH3 is 1. The second kappa shape index (κ2) is 5.70. The maximum atomic E-state index is 8.39. The summed E-state index contributed by atoms with van der Waals surface area (Å²) in [7, 11) is 1.56. The van der Waals surface area contributed by atoms with Crippen molar-refractivity contribution in [3.05, 3.63) is 34.3 Å². The van der Waals surface area contributed by atoms with Crippen molar-refractivity contribution in [3.8, 4) is 16.7 Å². The van der Waals surface area contributed by atoms with Gasteiger partial charge in [-0.1, -0.05) is 28.1 Å². The van der Waals surface area contributed by atoms with E-state index in [4.69, 9.17) is 26.3 Å². The molecule has 0 fully saturated rings. The van der Waals surface area contributed by atoms with E-state index in [9.17, 15) is 0 Å². The number of aromatic nitrogens is 1. The Kier molecular flexibility index (Phi) is 4.01. The minimum Gasteiger partial charge on any atom is -0.497 e. The minimum atomic E-state index is 0.414. The Hall–Kier alpha value is -1.79. The molecule has 2 aromatic rings. The zero-order chi connectivity index (χ0) is 13.0. The van der Waals surface area contributed by atoms with Gasteiger partial charge in [0.25, 0.3) is 5.19 Å². The highest BCUT2D eigenvalue weighted by atomic mass is 35.5. The van der Waals surface area contributed by atoms with Gasteiger partial charge in [0.05, 0.1) is 29.4 Å². The van der Waals surface area contributed by atoms with Crippen molar-refractivity contribution in [1.29, 1.82) is 0 Å². The van der Waals surface area contributed by atoms with Crippen LogP contribution in [0.1, 0.15) is 4.88 Å². The molecule has 0 radical (unpaired) electrons. The molecule has 1 aromatic heterocycles. The number of halogens is 1. The lowest BCUT2D eigenvalue weighted by Crippen LogP contribution is -1.86. The molecule has 0 amide bonds. The molecule has 0 aliphatic rings. The number of rotatable bonds is 4. The molecule has 7 heteroatoms. The second-order valence-electron chi connectivity index (χ2n) is 3.17. The first-order chi connectivity index (χ1) is 8.72. The van der Waals surface area contributed by atoms with E-state index in [-0.39, 0.29) is 0 Å². The summed E-state index contributed by atoms with van der Waals surface area (Å²) < 4.78 is 10.6. The summed E-state index contributed by atoms with van der Waals surface area (Å²) in [4.78, 5) is 4.70. The predicted octanol–water partition coefficient (Wildman–Crippen LogP) is 3.41. The van der Waals surface area contributed by atoms with E-state index >= 15 is 0 Å². The quantitative estimate of drug-likeness (QED) is 0.531. The third kappa shape index (κ3) is 2.91. The molecule has 18 heavy (non-hydrogen) atoms. The van der Waals surface area contributed by atoms with E-state index in [2.05, 4.69) is 10.1 Å². The second-order valence-corrected chi connectivity index (χ2v) is 4.60. The Morgan fingerprint density at radius 3 is 3.00 bits per heavy atom. The maximum absolute atomic E-state index is 8.39. The van der Waals surface area contributed by atoms with Crippen LogP contribution in [0.4, 0.5) is 0 Å². The summed E-state index contributed by atoms with van der Waals surface area (Å²) >= 11 is 7.27. The van der Waals surface area contributed by atoms with Gasteiger partial charge in [0.2, 0.25) is 0 Å². The van der Waals surface area contributed by atoms with Crippen LogP contribution in [-0.2, 0) is 0 Å². The zero-order valence-electron chi connectivity index (χ0n) is 9.33. The van der Waals surface area contributed by atoms with Crippen molar-refractivity contribution in [3.63, 3.8) is 0 Å². The first-order valence-corrected chi connectivity index (χ1v) is 6.07. The summed E-state index contributed by atoms with van der Waals surface area (Å²) in [6.07, 6.45) is 2.82. The summed E-state index contributed by atoms with van der Waals surface area (Å²) in [6.45, 7) is 0. The van der Waals surface area contributed by atoms with E-state index in [1.165, 1.54) is 23.7 Å². The van der Waals surface area contributed by atoms with Crippen molar-refractivity contribution in [2.24, 2.45) is 5.16 Å². The fourth-order valence-corrected chi connectivity index (χ4v) is 2.07. The largest absolute Gasteiger partial charge is 0.497 e. The first-order valence-electron chi connectivity index (χ1n) is 4.87. The lowest BCUT2D eigenvalue weighted by Gasteiger charge is -2.05. The van der Waals surface area contributed by atoms with Gasteiger partial charge in [-0.05, 0) is 12.1 Å². The number of oxime groups is 1. The summed E-state index contributed by atoms with van der Waals surface area (Å²) in [5, 5.41) is 12.2. The number of hydrogen-bond acceptors (Lipinski definition) is 6. The molecule has 0 aliphatic carbocycles.